The number of ether oxygens (including phenoxy) is 1. The van der Waals surface area contributed by atoms with E-state index in [1.54, 1.807) is 48.5 Å². The van der Waals surface area contributed by atoms with Gasteiger partial charge in [0.15, 0.2) is 0 Å². The molecule has 1 amide bonds. The zero-order chi connectivity index (χ0) is 24.3. The number of rotatable bonds is 7. The molecule has 7 nitrogen and oxygen atoms in total. The van der Waals surface area contributed by atoms with Gasteiger partial charge < -0.3 is 14.6 Å². The van der Waals surface area contributed by atoms with Crippen molar-refractivity contribution in [3.8, 4) is 5.75 Å². The summed E-state index contributed by atoms with van der Waals surface area (Å²) in [6.45, 7) is 2.22. The zero-order valence-corrected chi connectivity index (χ0v) is 19.8. The van der Waals surface area contributed by atoms with Crippen LogP contribution in [0.5, 0.6) is 5.75 Å². The average Bonchev–Trinajstić information content (AvgIpc) is 2.82. The third-order valence-corrected chi connectivity index (χ3v) is 7.15. The predicted octanol–water partition coefficient (Wildman–Crippen LogP) is 4.53. The first-order valence-corrected chi connectivity index (χ1v) is 12.3. The summed E-state index contributed by atoms with van der Waals surface area (Å²) in [6.07, 6.45) is 1.21. The summed E-state index contributed by atoms with van der Waals surface area (Å²) in [5.74, 6) is 0.303. The molecule has 0 radical (unpaired) electrons. The lowest BCUT2D eigenvalue weighted by atomic mass is 10.2. The number of para-hydroxylation sites is 1. The molecule has 34 heavy (non-hydrogen) atoms. The summed E-state index contributed by atoms with van der Waals surface area (Å²) in [5.41, 5.74) is 0.380. The van der Waals surface area contributed by atoms with E-state index in [-0.39, 0.29) is 22.7 Å². The fraction of sp³-hybridized carbons (Fsp3) is 0.120. The van der Waals surface area contributed by atoms with Gasteiger partial charge in [0.1, 0.15) is 17.2 Å². The van der Waals surface area contributed by atoms with E-state index < -0.39 is 20.2 Å². The number of halogens is 1. The van der Waals surface area contributed by atoms with Crippen molar-refractivity contribution in [3.63, 3.8) is 0 Å². The lowest BCUT2D eigenvalue weighted by Gasteiger charge is -2.14. The molecule has 4 rings (SSSR count). The van der Waals surface area contributed by atoms with Gasteiger partial charge in [0.2, 0.25) is 21.2 Å². The highest BCUT2D eigenvalue weighted by Gasteiger charge is 2.24. The topological polar surface area (TPSA) is 94.5 Å². The molecular weight excluding hydrogens is 476 g/mol. The summed E-state index contributed by atoms with van der Waals surface area (Å²) in [7, 11) is -4.14. The smallest absolute Gasteiger partial charge is 0.244 e. The number of carbonyl (C=O) groups excluding carboxylic acids is 1. The van der Waals surface area contributed by atoms with E-state index >= 15 is 0 Å². The summed E-state index contributed by atoms with van der Waals surface area (Å²) in [6, 6.07) is 19.0. The Bertz CT molecular complexity index is 1510. The molecule has 0 spiro atoms. The lowest BCUT2D eigenvalue weighted by Crippen LogP contribution is -2.23. The van der Waals surface area contributed by atoms with Gasteiger partial charge in [-0.2, -0.15) is 0 Å². The van der Waals surface area contributed by atoms with Crippen LogP contribution in [-0.4, -0.2) is 25.5 Å². The molecule has 174 valence electrons. The van der Waals surface area contributed by atoms with Gasteiger partial charge in [-0.05, 0) is 67.6 Å². The van der Waals surface area contributed by atoms with Gasteiger partial charge in [0.05, 0.1) is 17.0 Å². The summed E-state index contributed by atoms with van der Waals surface area (Å²) < 4.78 is 33.4. The second kappa shape index (κ2) is 9.70. The maximum Gasteiger partial charge on any atom is 0.244 e. The predicted molar refractivity (Wildman–Crippen MR) is 131 cm³/mol. The normalized spacial score (nSPS) is 11.4. The Labute approximate surface area is 201 Å². The van der Waals surface area contributed by atoms with Gasteiger partial charge in [0, 0.05) is 22.3 Å². The molecule has 0 fully saturated rings. The number of nitrogens with zero attached hydrogens (tertiary/aromatic N) is 1. The third-order valence-electron chi connectivity index (χ3n) is 5.13. The third kappa shape index (κ3) is 4.83. The molecule has 9 heteroatoms. The molecule has 1 heterocycles. The standard InChI is InChI=1S/C25H21ClN2O5S/c1-2-33-19-11-9-18(10-12-19)27-24(29)16-28-15-23(25(30)21-5-3-4-6-22(21)28)34(31,32)20-13-7-17(26)8-14-20/h3-15H,2,16H2,1H3,(H,27,29). The van der Waals surface area contributed by atoms with Crippen LogP contribution in [0.3, 0.4) is 0 Å². The summed E-state index contributed by atoms with van der Waals surface area (Å²) >= 11 is 5.88. The molecule has 4 aromatic rings. The molecule has 0 aliphatic rings. The Morgan fingerprint density at radius 2 is 1.68 bits per heavy atom. The number of amides is 1. The molecule has 1 N–H and O–H groups in total. The Balaban J connectivity index is 1.71. The van der Waals surface area contributed by atoms with Crippen LogP contribution in [0.4, 0.5) is 5.69 Å². The Morgan fingerprint density at radius 1 is 1.00 bits per heavy atom. The van der Waals surface area contributed by atoms with E-state index in [1.807, 2.05) is 6.92 Å². The largest absolute Gasteiger partial charge is 0.494 e. The highest BCUT2D eigenvalue weighted by Crippen LogP contribution is 2.23. The van der Waals surface area contributed by atoms with Crippen molar-refractivity contribution in [3.05, 3.63) is 94.2 Å². The minimum Gasteiger partial charge on any atom is -0.494 e. The summed E-state index contributed by atoms with van der Waals surface area (Å²) in [4.78, 5) is 25.4. The Kier molecular flexibility index (Phi) is 6.72. The fourth-order valence-corrected chi connectivity index (χ4v) is 5.03. The number of hydrogen-bond acceptors (Lipinski definition) is 5. The van der Waals surface area contributed by atoms with Crippen LogP contribution in [0.15, 0.2) is 93.6 Å². The van der Waals surface area contributed by atoms with E-state index in [0.717, 1.165) is 0 Å². The van der Waals surface area contributed by atoms with Crippen LogP contribution >= 0.6 is 11.6 Å². The minimum absolute atomic E-state index is 0.0605. The van der Waals surface area contributed by atoms with Gasteiger partial charge in [-0.15, -0.1) is 0 Å². The van der Waals surface area contributed by atoms with E-state index in [9.17, 15) is 18.0 Å². The number of hydrogen-bond donors (Lipinski definition) is 1. The molecule has 0 aliphatic heterocycles. The molecule has 0 unspecified atom stereocenters. The zero-order valence-electron chi connectivity index (χ0n) is 18.2. The van der Waals surface area contributed by atoms with Gasteiger partial charge >= 0.3 is 0 Å². The monoisotopic (exact) mass is 496 g/mol. The quantitative estimate of drug-likeness (QED) is 0.406. The number of anilines is 1. The van der Waals surface area contributed by atoms with E-state index in [1.165, 1.54) is 35.0 Å². The molecule has 0 bridgehead atoms. The number of fused-ring (bicyclic) bond motifs is 1. The van der Waals surface area contributed by atoms with Crippen molar-refractivity contribution < 1.29 is 17.9 Å². The number of nitrogens with one attached hydrogen (secondary N) is 1. The van der Waals surface area contributed by atoms with Crippen molar-refractivity contribution in [1.82, 2.24) is 4.57 Å². The van der Waals surface area contributed by atoms with Gasteiger partial charge in [-0.25, -0.2) is 8.42 Å². The highest BCUT2D eigenvalue weighted by atomic mass is 35.5. The first-order chi connectivity index (χ1) is 16.3. The van der Waals surface area contributed by atoms with Crippen molar-refractivity contribution >= 4 is 43.9 Å². The van der Waals surface area contributed by atoms with E-state index in [0.29, 0.717) is 28.6 Å². The van der Waals surface area contributed by atoms with Crippen molar-refractivity contribution in [2.45, 2.75) is 23.3 Å². The van der Waals surface area contributed by atoms with Crippen molar-refractivity contribution in [2.24, 2.45) is 0 Å². The molecular formula is C25H21ClN2O5S. The Hall–Kier alpha value is -3.62. The molecule has 0 atom stereocenters. The first-order valence-electron chi connectivity index (χ1n) is 10.4. The number of aromatic nitrogens is 1. The van der Waals surface area contributed by atoms with Crippen LogP contribution < -0.4 is 15.5 Å². The molecule has 0 saturated carbocycles. The lowest BCUT2D eigenvalue weighted by molar-refractivity contribution is -0.116. The second-order valence-corrected chi connectivity index (χ2v) is 9.78. The van der Waals surface area contributed by atoms with Crippen molar-refractivity contribution in [2.75, 3.05) is 11.9 Å². The summed E-state index contributed by atoms with van der Waals surface area (Å²) in [5, 5.41) is 3.35. The van der Waals surface area contributed by atoms with Gasteiger partial charge in [-0.3, -0.25) is 9.59 Å². The minimum atomic E-state index is -4.14. The number of sulfone groups is 1. The molecule has 1 aromatic heterocycles. The maximum absolute atomic E-state index is 13.3. The average molecular weight is 497 g/mol. The van der Waals surface area contributed by atoms with Crippen LogP contribution in [0.2, 0.25) is 5.02 Å². The van der Waals surface area contributed by atoms with Crippen LogP contribution in [-0.2, 0) is 21.2 Å². The van der Waals surface area contributed by atoms with Crippen molar-refractivity contribution in [1.29, 1.82) is 0 Å². The van der Waals surface area contributed by atoms with E-state index in [2.05, 4.69) is 5.32 Å². The number of carbonyl (C=O) groups is 1. The second-order valence-electron chi connectivity index (χ2n) is 7.43. The maximum atomic E-state index is 13.3. The van der Waals surface area contributed by atoms with Crippen LogP contribution in [0.1, 0.15) is 6.92 Å². The van der Waals surface area contributed by atoms with Crippen LogP contribution in [0.25, 0.3) is 10.9 Å². The highest BCUT2D eigenvalue weighted by molar-refractivity contribution is 7.91. The fourth-order valence-electron chi connectivity index (χ4n) is 3.54. The van der Waals surface area contributed by atoms with E-state index in [4.69, 9.17) is 16.3 Å². The Morgan fingerprint density at radius 3 is 2.35 bits per heavy atom. The first kappa shape index (κ1) is 23.5. The molecule has 0 aliphatic carbocycles. The van der Waals surface area contributed by atoms with Gasteiger partial charge in [0.25, 0.3) is 0 Å². The number of pyridine rings is 1. The molecule has 3 aromatic carbocycles. The number of benzene rings is 3. The SMILES string of the molecule is CCOc1ccc(NC(=O)Cn2cc(S(=O)(=O)c3ccc(Cl)cc3)c(=O)c3ccccc32)cc1. The van der Waals surface area contributed by atoms with Gasteiger partial charge in [-0.1, -0.05) is 23.7 Å². The molecule has 0 saturated heterocycles. The van der Waals surface area contributed by atoms with Crippen LogP contribution in [0, 0.1) is 0 Å².